The molecule has 3 heterocycles. The number of morpholine rings is 1. The van der Waals surface area contributed by atoms with Crippen molar-refractivity contribution in [2.24, 2.45) is 5.92 Å². The van der Waals surface area contributed by atoms with Gasteiger partial charge in [0, 0.05) is 51.2 Å². The van der Waals surface area contributed by atoms with E-state index < -0.39 is 0 Å². The largest absolute Gasteiger partial charge is 0.496 e. The number of ether oxygens (including phenoxy) is 3. The molecule has 3 aliphatic rings. The van der Waals surface area contributed by atoms with Gasteiger partial charge in [0.1, 0.15) is 17.1 Å². The van der Waals surface area contributed by atoms with Gasteiger partial charge in [0.2, 0.25) is 5.91 Å². The number of carbonyl (C=O) groups is 2. The maximum Gasteiger partial charge on any atom is 0.261 e. The van der Waals surface area contributed by atoms with Crippen molar-refractivity contribution in [2.75, 3.05) is 79.8 Å². The molecule has 194 valence electrons. The highest BCUT2D eigenvalue weighted by atomic mass is 16.5. The first-order valence-electron chi connectivity index (χ1n) is 12.9. The molecule has 0 atom stereocenters. The number of amides is 2. The van der Waals surface area contributed by atoms with E-state index in [2.05, 4.69) is 15.1 Å². The van der Waals surface area contributed by atoms with Crippen LogP contribution >= 0.6 is 0 Å². The van der Waals surface area contributed by atoms with Crippen LogP contribution in [0.1, 0.15) is 36.0 Å². The number of nitrogens with zero attached hydrogens (tertiary/aromatic N) is 3. The lowest BCUT2D eigenvalue weighted by Crippen LogP contribution is -2.50. The molecule has 9 heteroatoms. The SMILES string of the molecule is COc1cccc(OC)c1C(=O)N1CCC(N2CCC(C(=O)NCCN3CCOCC3)CC2)CC1. The van der Waals surface area contributed by atoms with E-state index in [9.17, 15) is 9.59 Å². The molecule has 3 fully saturated rings. The van der Waals surface area contributed by atoms with E-state index in [1.807, 2.05) is 11.0 Å². The molecule has 3 saturated heterocycles. The molecule has 1 aromatic rings. The third-order valence-electron chi connectivity index (χ3n) is 7.64. The van der Waals surface area contributed by atoms with E-state index >= 15 is 0 Å². The average Bonchev–Trinajstić information content (AvgIpc) is 2.93. The molecule has 0 saturated carbocycles. The quantitative estimate of drug-likeness (QED) is 0.593. The lowest BCUT2D eigenvalue weighted by molar-refractivity contribution is -0.126. The zero-order valence-electron chi connectivity index (χ0n) is 21.2. The topological polar surface area (TPSA) is 83.6 Å². The van der Waals surface area contributed by atoms with Gasteiger partial charge in [-0.3, -0.25) is 14.5 Å². The van der Waals surface area contributed by atoms with Crippen molar-refractivity contribution in [3.05, 3.63) is 23.8 Å². The molecule has 0 radical (unpaired) electrons. The molecule has 1 aromatic carbocycles. The minimum absolute atomic E-state index is 0.0368. The van der Waals surface area contributed by atoms with Gasteiger partial charge in [0.05, 0.1) is 27.4 Å². The summed E-state index contributed by atoms with van der Waals surface area (Å²) in [4.78, 5) is 32.7. The average molecular weight is 489 g/mol. The number of hydrogen-bond donors (Lipinski definition) is 1. The molecule has 0 unspecified atom stereocenters. The molecule has 0 aromatic heterocycles. The minimum atomic E-state index is -0.0368. The third kappa shape index (κ3) is 6.45. The molecule has 35 heavy (non-hydrogen) atoms. The predicted molar refractivity (Wildman–Crippen MR) is 133 cm³/mol. The van der Waals surface area contributed by atoms with E-state index in [4.69, 9.17) is 14.2 Å². The third-order valence-corrected chi connectivity index (χ3v) is 7.64. The van der Waals surface area contributed by atoms with Gasteiger partial charge in [-0.1, -0.05) is 6.07 Å². The molecular weight excluding hydrogens is 448 g/mol. The number of nitrogens with one attached hydrogen (secondary N) is 1. The maximum absolute atomic E-state index is 13.2. The summed E-state index contributed by atoms with van der Waals surface area (Å²) in [5.74, 6) is 1.36. The number of rotatable bonds is 8. The molecule has 4 rings (SSSR count). The second kappa shape index (κ2) is 12.6. The van der Waals surface area contributed by atoms with Gasteiger partial charge in [-0.15, -0.1) is 0 Å². The van der Waals surface area contributed by atoms with Crippen molar-refractivity contribution >= 4 is 11.8 Å². The Balaban J connectivity index is 1.20. The molecule has 1 N–H and O–H groups in total. The Morgan fingerprint density at radius 2 is 1.57 bits per heavy atom. The van der Waals surface area contributed by atoms with Crippen LogP contribution in [0, 0.1) is 5.92 Å². The highest BCUT2D eigenvalue weighted by Gasteiger charge is 2.33. The smallest absolute Gasteiger partial charge is 0.261 e. The zero-order valence-corrected chi connectivity index (χ0v) is 21.2. The normalized spacial score (nSPS) is 21.0. The fraction of sp³-hybridized carbons (Fsp3) is 0.692. The van der Waals surface area contributed by atoms with Crippen LogP contribution in [0.15, 0.2) is 18.2 Å². The zero-order chi connectivity index (χ0) is 24.6. The van der Waals surface area contributed by atoms with Crippen molar-refractivity contribution < 1.29 is 23.8 Å². The maximum atomic E-state index is 13.2. The van der Waals surface area contributed by atoms with E-state index in [0.717, 1.165) is 71.6 Å². The van der Waals surface area contributed by atoms with Crippen LogP contribution in [0.4, 0.5) is 0 Å². The number of carbonyl (C=O) groups excluding carboxylic acids is 2. The van der Waals surface area contributed by atoms with Crippen LogP contribution in [0.5, 0.6) is 11.5 Å². The van der Waals surface area contributed by atoms with Crippen molar-refractivity contribution in [1.29, 1.82) is 0 Å². The van der Waals surface area contributed by atoms with Gasteiger partial charge in [0.25, 0.3) is 5.91 Å². The monoisotopic (exact) mass is 488 g/mol. The highest BCUT2D eigenvalue weighted by molar-refractivity contribution is 5.99. The molecule has 0 spiro atoms. The predicted octanol–water partition coefficient (Wildman–Crippen LogP) is 1.47. The molecular formula is C26H40N4O5. The first-order chi connectivity index (χ1) is 17.1. The van der Waals surface area contributed by atoms with Crippen molar-refractivity contribution in [1.82, 2.24) is 20.0 Å². The number of methoxy groups -OCH3 is 2. The van der Waals surface area contributed by atoms with Gasteiger partial charge in [-0.25, -0.2) is 0 Å². The van der Waals surface area contributed by atoms with Crippen LogP contribution in [0.25, 0.3) is 0 Å². The Kier molecular flexibility index (Phi) is 9.23. The summed E-state index contributed by atoms with van der Waals surface area (Å²) in [5.41, 5.74) is 0.497. The van der Waals surface area contributed by atoms with Gasteiger partial charge >= 0.3 is 0 Å². The summed E-state index contributed by atoms with van der Waals surface area (Å²) >= 11 is 0. The van der Waals surface area contributed by atoms with Crippen molar-refractivity contribution in [3.63, 3.8) is 0 Å². The Morgan fingerprint density at radius 1 is 0.943 bits per heavy atom. The highest BCUT2D eigenvalue weighted by Crippen LogP contribution is 2.31. The first kappa shape index (κ1) is 25.7. The number of likely N-dealkylation sites (tertiary alicyclic amines) is 2. The Morgan fingerprint density at radius 3 is 2.17 bits per heavy atom. The van der Waals surface area contributed by atoms with Crippen LogP contribution in [-0.4, -0.2) is 112 Å². The van der Waals surface area contributed by atoms with Crippen LogP contribution in [-0.2, 0) is 9.53 Å². The lowest BCUT2D eigenvalue weighted by atomic mass is 9.92. The van der Waals surface area contributed by atoms with E-state index in [1.165, 1.54) is 0 Å². The van der Waals surface area contributed by atoms with Gasteiger partial charge < -0.3 is 29.3 Å². The second-order valence-electron chi connectivity index (χ2n) is 9.62. The number of benzene rings is 1. The summed E-state index contributed by atoms with van der Waals surface area (Å²) in [6, 6.07) is 5.88. The first-order valence-corrected chi connectivity index (χ1v) is 12.9. The second-order valence-corrected chi connectivity index (χ2v) is 9.62. The molecule has 0 bridgehead atoms. The van der Waals surface area contributed by atoms with E-state index in [0.29, 0.717) is 42.7 Å². The fourth-order valence-electron chi connectivity index (χ4n) is 5.49. The summed E-state index contributed by atoms with van der Waals surface area (Å²) < 4.78 is 16.2. The summed E-state index contributed by atoms with van der Waals surface area (Å²) in [6.07, 6.45) is 3.70. The van der Waals surface area contributed by atoms with Crippen molar-refractivity contribution in [3.8, 4) is 11.5 Å². The van der Waals surface area contributed by atoms with Crippen LogP contribution in [0.3, 0.4) is 0 Å². The summed E-state index contributed by atoms with van der Waals surface area (Å²) in [7, 11) is 3.15. The number of hydrogen-bond acceptors (Lipinski definition) is 7. The van der Waals surface area contributed by atoms with E-state index in [1.54, 1.807) is 26.4 Å². The Bertz CT molecular complexity index is 822. The fourth-order valence-corrected chi connectivity index (χ4v) is 5.49. The Labute approximate surface area is 208 Å². The van der Waals surface area contributed by atoms with Gasteiger partial charge in [0.15, 0.2) is 0 Å². The standard InChI is InChI=1S/C26H40N4O5/c1-33-22-4-3-5-23(34-2)24(22)26(32)30-13-8-21(9-14-30)29-11-6-20(7-12-29)25(31)27-10-15-28-16-18-35-19-17-28/h3-5,20-21H,6-19H2,1-2H3,(H,27,31). The lowest BCUT2D eigenvalue weighted by Gasteiger charge is -2.41. The molecule has 3 aliphatic heterocycles. The van der Waals surface area contributed by atoms with Crippen molar-refractivity contribution in [2.45, 2.75) is 31.7 Å². The molecule has 2 amide bonds. The van der Waals surface area contributed by atoms with Crippen LogP contribution < -0.4 is 14.8 Å². The van der Waals surface area contributed by atoms with Crippen LogP contribution in [0.2, 0.25) is 0 Å². The summed E-state index contributed by atoms with van der Waals surface area (Å²) in [5, 5.41) is 3.14. The molecule has 9 nitrogen and oxygen atoms in total. The Hall–Kier alpha value is -2.36. The minimum Gasteiger partial charge on any atom is -0.496 e. The van der Waals surface area contributed by atoms with Gasteiger partial charge in [-0.2, -0.15) is 0 Å². The van der Waals surface area contributed by atoms with E-state index in [-0.39, 0.29) is 17.7 Å². The van der Waals surface area contributed by atoms with Gasteiger partial charge in [-0.05, 0) is 50.9 Å². The summed E-state index contributed by atoms with van der Waals surface area (Å²) in [6.45, 7) is 8.40. The number of piperidine rings is 2. The molecule has 0 aliphatic carbocycles.